The highest BCUT2D eigenvalue weighted by Crippen LogP contribution is 2.38. The molecule has 1 saturated carbocycles. The quantitative estimate of drug-likeness (QED) is 0.916. The average molecular weight is 298 g/mol. The largest absolute Gasteiger partial charge is 0.352 e. The summed E-state index contributed by atoms with van der Waals surface area (Å²) in [6.07, 6.45) is 5.57. The van der Waals surface area contributed by atoms with E-state index >= 15 is 0 Å². The van der Waals surface area contributed by atoms with E-state index in [1.54, 1.807) is 6.20 Å². The predicted octanol–water partition coefficient (Wildman–Crippen LogP) is 1.04. The highest BCUT2D eigenvalue weighted by Gasteiger charge is 2.26. The number of piperazine rings is 1. The summed E-state index contributed by atoms with van der Waals surface area (Å²) in [6, 6.07) is 4.13. The van der Waals surface area contributed by atoms with Crippen LogP contribution >= 0.6 is 0 Å². The number of aromatic nitrogens is 4. The van der Waals surface area contributed by atoms with Crippen molar-refractivity contribution in [1.29, 1.82) is 0 Å². The van der Waals surface area contributed by atoms with Crippen molar-refractivity contribution in [2.24, 2.45) is 0 Å². The molecule has 0 unspecified atom stereocenters. The Labute approximate surface area is 128 Å². The summed E-state index contributed by atoms with van der Waals surface area (Å²) in [5.74, 6) is 1.54. The van der Waals surface area contributed by atoms with E-state index in [0.29, 0.717) is 24.7 Å². The fourth-order valence-electron chi connectivity index (χ4n) is 2.78. The Hall–Kier alpha value is -2.44. The van der Waals surface area contributed by atoms with Crippen LogP contribution in [0.15, 0.2) is 24.7 Å². The predicted molar refractivity (Wildman–Crippen MR) is 80.7 cm³/mol. The zero-order valence-electron chi connectivity index (χ0n) is 12.3. The van der Waals surface area contributed by atoms with Crippen molar-refractivity contribution in [3.63, 3.8) is 0 Å². The molecule has 7 heteroatoms. The van der Waals surface area contributed by atoms with Crippen molar-refractivity contribution in [3.8, 4) is 0 Å². The summed E-state index contributed by atoms with van der Waals surface area (Å²) in [5, 5.41) is 8.66. The van der Waals surface area contributed by atoms with Gasteiger partial charge in [0.05, 0.1) is 18.2 Å². The van der Waals surface area contributed by atoms with Crippen molar-refractivity contribution < 1.29 is 4.79 Å². The van der Waals surface area contributed by atoms with Gasteiger partial charge in [0, 0.05) is 32.1 Å². The van der Waals surface area contributed by atoms with Crippen LogP contribution < -0.4 is 4.90 Å². The summed E-state index contributed by atoms with van der Waals surface area (Å²) in [4.78, 5) is 23.0. The van der Waals surface area contributed by atoms with Gasteiger partial charge in [-0.25, -0.2) is 4.98 Å². The summed E-state index contributed by atoms with van der Waals surface area (Å²) in [7, 11) is 0. The Morgan fingerprint density at radius 1 is 1.14 bits per heavy atom. The second-order valence-electron chi connectivity index (χ2n) is 5.84. The average Bonchev–Trinajstić information content (AvgIpc) is 3.29. The molecule has 1 amide bonds. The minimum absolute atomic E-state index is 0.00677. The number of nitrogens with zero attached hydrogens (tertiary/aromatic N) is 5. The van der Waals surface area contributed by atoms with E-state index in [0.717, 1.165) is 24.6 Å². The third-order valence-electron chi connectivity index (χ3n) is 4.29. The summed E-state index contributed by atoms with van der Waals surface area (Å²) >= 11 is 0. The molecule has 22 heavy (non-hydrogen) atoms. The van der Waals surface area contributed by atoms with Gasteiger partial charge in [-0.3, -0.25) is 4.79 Å². The van der Waals surface area contributed by atoms with Gasteiger partial charge in [0.1, 0.15) is 5.69 Å². The summed E-state index contributed by atoms with van der Waals surface area (Å²) in [5.41, 5.74) is 1.65. The maximum Gasteiger partial charge on any atom is 0.272 e. The van der Waals surface area contributed by atoms with Gasteiger partial charge in [0.15, 0.2) is 5.82 Å². The van der Waals surface area contributed by atoms with Crippen LogP contribution in [0.2, 0.25) is 0 Å². The Morgan fingerprint density at radius 3 is 2.55 bits per heavy atom. The van der Waals surface area contributed by atoms with Crippen LogP contribution in [-0.4, -0.2) is 57.2 Å². The Bertz CT molecular complexity index is 641. The number of hydrogen-bond acceptors (Lipinski definition) is 5. The van der Waals surface area contributed by atoms with Crippen molar-refractivity contribution in [3.05, 3.63) is 36.0 Å². The highest BCUT2D eigenvalue weighted by molar-refractivity contribution is 5.92. The van der Waals surface area contributed by atoms with Gasteiger partial charge in [0.2, 0.25) is 0 Å². The van der Waals surface area contributed by atoms with E-state index in [9.17, 15) is 4.79 Å². The molecule has 2 fully saturated rings. The molecule has 2 aromatic heterocycles. The van der Waals surface area contributed by atoms with Crippen molar-refractivity contribution >= 4 is 11.7 Å². The normalized spacial score (nSPS) is 18.5. The number of imidazole rings is 1. The first kappa shape index (κ1) is 13.2. The van der Waals surface area contributed by atoms with Crippen molar-refractivity contribution in [2.75, 3.05) is 31.1 Å². The summed E-state index contributed by atoms with van der Waals surface area (Å²) < 4.78 is 0. The van der Waals surface area contributed by atoms with Crippen LogP contribution in [0.5, 0.6) is 0 Å². The van der Waals surface area contributed by atoms with Gasteiger partial charge >= 0.3 is 0 Å². The van der Waals surface area contributed by atoms with E-state index < -0.39 is 0 Å². The minimum Gasteiger partial charge on any atom is -0.352 e. The van der Waals surface area contributed by atoms with Crippen LogP contribution in [0.1, 0.15) is 34.9 Å². The number of aromatic amines is 1. The number of carbonyl (C=O) groups is 1. The molecule has 0 radical (unpaired) electrons. The minimum atomic E-state index is 0.00677. The Morgan fingerprint density at radius 2 is 1.95 bits per heavy atom. The lowest BCUT2D eigenvalue weighted by Crippen LogP contribution is -2.49. The number of anilines is 1. The zero-order chi connectivity index (χ0) is 14.9. The lowest BCUT2D eigenvalue weighted by molar-refractivity contribution is 0.0741. The molecule has 0 spiro atoms. The first-order valence-electron chi connectivity index (χ1n) is 7.67. The molecule has 2 aliphatic rings. The number of rotatable bonds is 3. The van der Waals surface area contributed by atoms with E-state index in [2.05, 4.69) is 31.1 Å². The SMILES string of the molecule is O=C(c1cnc[nH]1)N1CCN(c2ccc(C3CC3)nn2)CC1. The molecule has 1 saturated heterocycles. The van der Waals surface area contributed by atoms with Crippen molar-refractivity contribution in [1.82, 2.24) is 25.1 Å². The van der Waals surface area contributed by atoms with Crippen LogP contribution in [0.3, 0.4) is 0 Å². The second-order valence-corrected chi connectivity index (χ2v) is 5.84. The molecule has 0 aromatic carbocycles. The molecule has 2 aromatic rings. The molecular weight excluding hydrogens is 280 g/mol. The van der Waals surface area contributed by atoms with Gasteiger partial charge in [-0.05, 0) is 25.0 Å². The second kappa shape index (κ2) is 5.40. The molecule has 1 aliphatic heterocycles. The monoisotopic (exact) mass is 298 g/mol. The topological polar surface area (TPSA) is 78.0 Å². The molecule has 1 N–H and O–H groups in total. The Balaban J connectivity index is 1.38. The van der Waals surface area contributed by atoms with Gasteiger partial charge in [-0.2, -0.15) is 5.10 Å². The highest BCUT2D eigenvalue weighted by atomic mass is 16.2. The van der Waals surface area contributed by atoms with Gasteiger partial charge < -0.3 is 14.8 Å². The molecule has 3 heterocycles. The maximum absolute atomic E-state index is 12.2. The van der Waals surface area contributed by atoms with Crippen LogP contribution in [0.25, 0.3) is 0 Å². The maximum atomic E-state index is 12.2. The van der Waals surface area contributed by atoms with Gasteiger partial charge in [0.25, 0.3) is 5.91 Å². The van der Waals surface area contributed by atoms with Gasteiger partial charge in [-0.1, -0.05) is 0 Å². The van der Waals surface area contributed by atoms with E-state index in [4.69, 9.17) is 0 Å². The van der Waals surface area contributed by atoms with Crippen LogP contribution in [0.4, 0.5) is 5.82 Å². The number of hydrogen-bond donors (Lipinski definition) is 1. The fourth-order valence-corrected chi connectivity index (χ4v) is 2.78. The van der Waals surface area contributed by atoms with Crippen molar-refractivity contribution in [2.45, 2.75) is 18.8 Å². The van der Waals surface area contributed by atoms with Crippen LogP contribution in [0, 0.1) is 0 Å². The molecule has 4 rings (SSSR count). The first-order valence-corrected chi connectivity index (χ1v) is 7.67. The first-order chi connectivity index (χ1) is 10.8. The van der Waals surface area contributed by atoms with Crippen LogP contribution in [-0.2, 0) is 0 Å². The number of carbonyl (C=O) groups excluding carboxylic acids is 1. The molecule has 114 valence electrons. The van der Waals surface area contributed by atoms with E-state index in [1.807, 2.05) is 11.0 Å². The molecular formula is C15H18N6O. The Kier molecular flexibility index (Phi) is 3.25. The van der Waals surface area contributed by atoms with Gasteiger partial charge in [-0.15, -0.1) is 5.10 Å². The number of nitrogens with one attached hydrogen (secondary N) is 1. The zero-order valence-corrected chi connectivity index (χ0v) is 12.3. The standard InChI is InChI=1S/C15H18N6O/c22-15(13-9-16-10-17-13)21-7-5-20(6-8-21)14-4-3-12(18-19-14)11-1-2-11/h3-4,9-11H,1-2,5-8H2,(H,16,17). The smallest absolute Gasteiger partial charge is 0.272 e. The van der Waals surface area contributed by atoms with E-state index in [1.165, 1.54) is 19.2 Å². The fraction of sp³-hybridized carbons (Fsp3) is 0.467. The third kappa shape index (κ3) is 2.54. The number of H-pyrrole nitrogens is 1. The van der Waals surface area contributed by atoms with E-state index in [-0.39, 0.29) is 5.91 Å². The molecule has 0 atom stereocenters. The summed E-state index contributed by atoms with van der Waals surface area (Å²) in [6.45, 7) is 2.92. The molecule has 0 bridgehead atoms. The lowest BCUT2D eigenvalue weighted by atomic mass is 10.2. The lowest BCUT2D eigenvalue weighted by Gasteiger charge is -2.34. The number of amides is 1. The molecule has 1 aliphatic carbocycles. The third-order valence-corrected chi connectivity index (χ3v) is 4.29. The molecule has 7 nitrogen and oxygen atoms in total.